The number of benzene rings is 1. The topological polar surface area (TPSA) is 41.6 Å². The van der Waals surface area contributed by atoms with Gasteiger partial charge in [0.05, 0.1) is 13.7 Å². The summed E-state index contributed by atoms with van der Waals surface area (Å²) >= 11 is 0. The van der Waals surface area contributed by atoms with E-state index < -0.39 is 18.6 Å². The van der Waals surface area contributed by atoms with Crippen molar-refractivity contribution in [3.63, 3.8) is 0 Å². The number of nitrogens with zero attached hydrogens (tertiary/aromatic N) is 1. The maximum absolute atomic E-state index is 12.1. The molecule has 0 radical (unpaired) electrons. The van der Waals surface area contributed by atoms with E-state index in [1.165, 1.54) is 0 Å². The first-order chi connectivity index (χ1) is 10.8. The van der Waals surface area contributed by atoms with Gasteiger partial charge in [0.1, 0.15) is 12.3 Å². The number of nitrogens with one attached hydrogen (secondary N) is 1. The fraction of sp³-hybridized carbons (Fsp3) is 0.562. The smallest absolute Gasteiger partial charge is 0.405 e. The highest BCUT2D eigenvalue weighted by Gasteiger charge is 2.32. The molecule has 2 unspecified atom stereocenters. The van der Waals surface area contributed by atoms with E-state index in [-0.39, 0.29) is 18.5 Å². The Labute approximate surface area is 133 Å². The van der Waals surface area contributed by atoms with Crippen molar-refractivity contribution in [3.8, 4) is 5.75 Å². The molecule has 1 fully saturated rings. The Morgan fingerprint density at radius 3 is 2.57 bits per heavy atom. The number of hydrogen-bond acceptors (Lipinski definition) is 3. The van der Waals surface area contributed by atoms with Crippen LogP contribution in [0.15, 0.2) is 24.3 Å². The Bertz CT molecular complexity index is 531. The molecule has 0 aliphatic carbocycles. The molecule has 4 nitrogen and oxygen atoms in total. The molecule has 1 aliphatic heterocycles. The van der Waals surface area contributed by atoms with E-state index in [1.807, 2.05) is 41.4 Å². The number of carbonyl (C=O) groups is 1. The maximum atomic E-state index is 12.1. The van der Waals surface area contributed by atoms with E-state index in [9.17, 15) is 18.0 Å². The van der Waals surface area contributed by atoms with E-state index in [1.54, 1.807) is 7.11 Å². The fourth-order valence-corrected chi connectivity index (χ4v) is 2.88. The summed E-state index contributed by atoms with van der Waals surface area (Å²) in [5, 5.41) is 1.92. The number of methoxy groups -OCH3 is 1. The number of amides is 1. The number of rotatable bonds is 5. The minimum Gasteiger partial charge on any atom is -0.497 e. The van der Waals surface area contributed by atoms with Crippen LogP contribution >= 0.6 is 0 Å². The molecule has 1 aliphatic rings. The average Bonchev–Trinajstić information content (AvgIpc) is 2.86. The molecule has 7 heteroatoms. The molecule has 1 heterocycles. The Balaban J connectivity index is 1.89. The summed E-state index contributed by atoms with van der Waals surface area (Å²) in [5.74, 6) is 0.457. The lowest BCUT2D eigenvalue weighted by Crippen LogP contribution is -2.42. The van der Waals surface area contributed by atoms with Crippen molar-refractivity contribution in [2.75, 3.05) is 26.7 Å². The Morgan fingerprint density at radius 1 is 1.35 bits per heavy atom. The van der Waals surface area contributed by atoms with Crippen LogP contribution in [0.1, 0.15) is 24.8 Å². The van der Waals surface area contributed by atoms with E-state index in [0.29, 0.717) is 6.54 Å². The molecule has 2 atom stereocenters. The molecular weight excluding hydrogens is 309 g/mol. The number of ether oxygens (including phenoxy) is 1. The number of carbonyl (C=O) groups excluding carboxylic acids is 1. The number of alkyl halides is 3. The predicted molar refractivity (Wildman–Crippen MR) is 80.5 cm³/mol. The molecule has 0 spiro atoms. The normalized spacial score (nSPS) is 22.1. The van der Waals surface area contributed by atoms with Gasteiger partial charge in [-0.25, -0.2) is 0 Å². The molecule has 1 aromatic carbocycles. The van der Waals surface area contributed by atoms with Gasteiger partial charge in [-0.2, -0.15) is 13.2 Å². The molecule has 128 valence electrons. The number of halogens is 3. The minimum atomic E-state index is -4.38. The molecule has 1 aromatic rings. The molecule has 23 heavy (non-hydrogen) atoms. The van der Waals surface area contributed by atoms with E-state index in [2.05, 4.69) is 0 Å². The van der Waals surface area contributed by atoms with Crippen LogP contribution < -0.4 is 10.1 Å². The van der Waals surface area contributed by atoms with Crippen molar-refractivity contribution in [2.45, 2.75) is 31.5 Å². The second kappa shape index (κ2) is 7.21. The summed E-state index contributed by atoms with van der Waals surface area (Å²) in [6.45, 7) is 1.35. The average molecular weight is 330 g/mol. The van der Waals surface area contributed by atoms with Crippen LogP contribution in [-0.2, 0) is 4.79 Å². The van der Waals surface area contributed by atoms with Crippen molar-refractivity contribution >= 4 is 5.91 Å². The highest BCUT2D eigenvalue weighted by molar-refractivity contribution is 5.78. The largest absolute Gasteiger partial charge is 0.497 e. The highest BCUT2D eigenvalue weighted by Crippen LogP contribution is 2.32. The van der Waals surface area contributed by atoms with Gasteiger partial charge in [0.15, 0.2) is 0 Å². The summed E-state index contributed by atoms with van der Waals surface area (Å²) in [5.41, 5.74) is 1.15. The molecule has 0 bridgehead atoms. The van der Waals surface area contributed by atoms with Gasteiger partial charge in [0, 0.05) is 12.6 Å². The third kappa shape index (κ3) is 5.13. The minimum absolute atomic E-state index is 0.0100. The van der Waals surface area contributed by atoms with Gasteiger partial charge < -0.3 is 10.1 Å². The van der Waals surface area contributed by atoms with Gasteiger partial charge in [0.25, 0.3) is 0 Å². The van der Waals surface area contributed by atoms with E-state index >= 15 is 0 Å². The van der Waals surface area contributed by atoms with E-state index in [0.717, 1.165) is 17.7 Å². The quantitative estimate of drug-likeness (QED) is 0.902. The van der Waals surface area contributed by atoms with Crippen LogP contribution in [0.4, 0.5) is 13.2 Å². The Kier molecular flexibility index (Phi) is 5.51. The van der Waals surface area contributed by atoms with Crippen LogP contribution in [0.2, 0.25) is 0 Å². The molecule has 1 amide bonds. The summed E-state index contributed by atoms with van der Waals surface area (Å²) in [6.07, 6.45) is -3.50. The second-order valence-corrected chi connectivity index (χ2v) is 5.88. The van der Waals surface area contributed by atoms with Gasteiger partial charge >= 0.3 is 6.18 Å². The first kappa shape index (κ1) is 17.6. The molecule has 2 rings (SSSR count). The van der Waals surface area contributed by atoms with Crippen LogP contribution in [0.5, 0.6) is 5.75 Å². The molecule has 1 N–H and O–H groups in total. The van der Waals surface area contributed by atoms with Crippen molar-refractivity contribution in [2.24, 2.45) is 0 Å². The zero-order valence-electron chi connectivity index (χ0n) is 13.2. The third-order valence-corrected chi connectivity index (χ3v) is 4.12. The fourth-order valence-electron chi connectivity index (χ4n) is 2.88. The van der Waals surface area contributed by atoms with Crippen LogP contribution in [-0.4, -0.2) is 49.8 Å². The van der Waals surface area contributed by atoms with Gasteiger partial charge in [-0.05, 0) is 37.0 Å². The highest BCUT2D eigenvalue weighted by atomic mass is 19.4. The van der Waals surface area contributed by atoms with Gasteiger partial charge in [-0.15, -0.1) is 0 Å². The van der Waals surface area contributed by atoms with Gasteiger partial charge in [-0.3, -0.25) is 9.69 Å². The maximum Gasteiger partial charge on any atom is 0.405 e. The molecular formula is C16H21F3N2O2. The van der Waals surface area contributed by atoms with Crippen LogP contribution in [0.25, 0.3) is 0 Å². The summed E-state index contributed by atoms with van der Waals surface area (Å²) < 4.78 is 41.5. The van der Waals surface area contributed by atoms with Crippen molar-refractivity contribution in [1.82, 2.24) is 10.2 Å². The lowest BCUT2D eigenvalue weighted by molar-refractivity contribution is -0.139. The first-order valence-corrected chi connectivity index (χ1v) is 7.50. The van der Waals surface area contributed by atoms with Gasteiger partial charge in [0.2, 0.25) is 5.91 Å². The zero-order chi connectivity index (χ0) is 17.0. The van der Waals surface area contributed by atoms with E-state index in [4.69, 9.17) is 4.74 Å². The standard InChI is InChI=1S/C16H21F3N2O2/c1-11-7-13(12-3-5-14(23-2)6-4-12)8-21(11)9-15(22)20-10-16(17,18)19/h3-6,11,13H,7-10H2,1-2H3,(H,20,22). The molecule has 1 saturated heterocycles. The Hall–Kier alpha value is -1.76. The number of hydrogen-bond donors (Lipinski definition) is 1. The zero-order valence-corrected chi connectivity index (χ0v) is 13.2. The second-order valence-electron chi connectivity index (χ2n) is 5.88. The first-order valence-electron chi connectivity index (χ1n) is 7.50. The lowest BCUT2D eigenvalue weighted by Gasteiger charge is -2.20. The monoisotopic (exact) mass is 330 g/mol. The summed E-state index contributed by atoms with van der Waals surface area (Å²) in [7, 11) is 1.61. The number of likely N-dealkylation sites (tertiary alicyclic amines) is 1. The third-order valence-electron chi connectivity index (χ3n) is 4.12. The van der Waals surface area contributed by atoms with Crippen LogP contribution in [0.3, 0.4) is 0 Å². The molecule has 0 aromatic heterocycles. The van der Waals surface area contributed by atoms with Gasteiger partial charge in [-0.1, -0.05) is 12.1 Å². The summed E-state index contributed by atoms with van der Waals surface area (Å²) in [4.78, 5) is 13.6. The predicted octanol–water partition coefficient (Wildman–Crippen LogP) is 2.55. The van der Waals surface area contributed by atoms with Crippen molar-refractivity contribution in [3.05, 3.63) is 29.8 Å². The van der Waals surface area contributed by atoms with Crippen molar-refractivity contribution < 1.29 is 22.7 Å². The molecule has 0 saturated carbocycles. The van der Waals surface area contributed by atoms with Crippen molar-refractivity contribution in [1.29, 1.82) is 0 Å². The SMILES string of the molecule is COc1ccc(C2CC(C)N(CC(=O)NCC(F)(F)F)C2)cc1. The van der Waals surface area contributed by atoms with Crippen LogP contribution in [0, 0.1) is 0 Å². The Morgan fingerprint density at radius 2 is 2.00 bits per heavy atom. The lowest BCUT2D eigenvalue weighted by atomic mass is 9.97. The summed E-state index contributed by atoms with van der Waals surface area (Å²) in [6, 6.07) is 7.91.